The van der Waals surface area contributed by atoms with Crippen molar-refractivity contribution in [3.8, 4) is 0 Å². The molecule has 158 valence electrons. The number of hydrogen-bond donors (Lipinski definition) is 0. The van der Waals surface area contributed by atoms with Crippen LogP contribution in [0.1, 0.15) is 60.4 Å². The third kappa shape index (κ3) is 3.80. The van der Waals surface area contributed by atoms with Crippen molar-refractivity contribution in [1.82, 2.24) is 14.5 Å². The third-order valence-corrected chi connectivity index (χ3v) is 5.67. The Kier molecular flexibility index (Phi) is 5.30. The number of likely N-dealkylation sites (tertiary alicyclic amines) is 1. The number of carbonyl (C=O) groups is 1. The number of imidazole rings is 1. The van der Waals surface area contributed by atoms with Crippen LogP contribution in [0.15, 0.2) is 48.5 Å². The highest BCUT2D eigenvalue weighted by Gasteiger charge is 2.32. The van der Waals surface area contributed by atoms with Crippen molar-refractivity contribution >= 4 is 16.9 Å². The maximum absolute atomic E-state index is 12.9. The van der Waals surface area contributed by atoms with Crippen molar-refractivity contribution in [2.75, 3.05) is 13.1 Å². The van der Waals surface area contributed by atoms with Crippen LogP contribution in [0.3, 0.4) is 0 Å². The van der Waals surface area contributed by atoms with E-state index in [1.807, 2.05) is 18.2 Å². The first-order valence-electron chi connectivity index (χ1n) is 10.2. The number of nitrogens with zero attached hydrogens (tertiary/aromatic N) is 3. The normalized spacial score (nSPS) is 17.7. The van der Waals surface area contributed by atoms with Gasteiger partial charge in [0.2, 0.25) is 0 Å². The molecule has 2 aromatic carbocycles. The molecule has 4 nitrogen and oxygen atoms in total. The molecule has 1 aromatic heterocycles. The number of para-hydroxylation sites is 2. The second-order valence-corrected chi connectivity index (χ2v) is 8.09. The molecule has 3 aromatic rings. The second-order valence-electron chi connectivity index (χ2n) is 8.09. The fourth-order valence-electron chi connectivity index (χ4n) is 4.25. The zero-order valence-corrected chi connectivity index (χ0v) is 17.0. The van der Waals surface area contributed by atoms with Gasteiger partial charge in [0, 0.05) is 30.6 Å². The van der Waals surface area contributed by atoms with Crippen molar-refractivity contribution in [3.05, 3.63) is 65.5 Å². The Balaban J connectivity index is 1.59. The molecule has 0 bridgehead atoms. The minimum Gasteiger partial charge on any atom is -0.338 e. The average Bonchev–Trinajstić information content (AvgIpc) is 3.13. The maximum atomic E-state index is 12.9. The minimum absolute atomic E-state index is 0.0898. The fourth-order valence-corrected chi connectivity index (χ4v) is 4.25. The van der Waals surface area contributed by atoms with Gasteiger partial charge in [-0.2, -0.15) is 13.2 Å². The zero-order chi connectivity index (χ0) is 21.5. The highest BCUT2D eigenvalue weighted by molar-refractivity contribution is 5.94. The van der Waals surface area contributed by atoms with E-state index in [-0.39, 0.29) is 23.4 Å². The highest BCUT2D eigenvalue weighted by Crippen LogP contribution is 2.33. The van der Waals surface area contributed by atoms with E-state index < -0.39 is 11.7 Å². The molecule has 4 rings (SSSR count). The van der Waals surface area contributed by atoms with Crippen molar-refractivity contribution in [1.29, 1.82) is 0 Å². The van der Waals surface area contributed by atoms with Gasteiger partial charge >= 0.3 is 6.18 Å². The molecule has 0 radical (unpaired) electrons. The molecule has 1 aliphatic rings. The lowest BCUT2D eigenvalue weighted by molar-refractivity contribution is -0.137. The summed E-state index contributed by atoms with van der Waals surface area (Å²) in [5.74, 6) is 0.823. The quantitative estimate of drug-likeness (QED) is 0.554. The van der Waals surface area contributed by atoms with Crippen LogP contribution in [0, 0.1) is 0 Å². The topological polar surface area (TPSA) is 38.1 Å². The van der Waals surface area contributed by atoms with Gasteiger partial charge in [-0.3, -0.25) is 4.79 Å². The van der Waals surface area contributed by atoms with Gasteiger partial charge in [0.25, 0.3) is 5.91 Å². The Morgan fingerprint density at radius 3 is 2.47 bits per heavy atom. The van der Waals surface area contributed by atoms with Crippen LogP contribution in [0.5, 0.6) is 0 Å². The SMILES string of the molecule is CC(C)n1c(C2CCCN(C(=O)c3ccc(C(F)(F)F)cc3)C2)nc2ccccc21. The molecule has 2 heterocycles. The Bertz CT molecular complexity index is 1050. The van der Waals surface area contributed by atoms with Crippen LogP contribution in [-0.2, 0) is 6.18 Å². The van der Waals surface area contributed by atoms with Crippen LogP contribution in [-0.4, -0.2) is 33.4 Å². The molecular weight excluding hydrogens is 391 g/mol. The molecule has 1 atom stereocenters. The first-order chi connectivity index (χ1) is 14.3. The smallest absolute Gasteiger partial charge is 0.338 e. The van der Waals surface area contributed by atoms with Gasteiger partial charge < -0.3 is 9.47 Å². The average molecular weight is 415 g/mol. The van der Waals surface area contributed by atoms with E-state index in [1.165, 1.54) is 12.1 Å². The number of alkyl halides is 3. The molecule has 1 amide bonds. The van der Waals surface area contributed by atoms with E-state index in [9.17, 15) is 18.0 Å². The Morgan fingerprint density at radius 1 is 1.10 bits per heavy atom. The number of piperidine rings is 1. The lowest BCUT2D eigenvalue weighted by atomic mass is 9.96. The van der Waals surface area contributed by atoms with Crippen molar-refractivity contribution < 1.29 is 18.0 Å². The van der Waals surface area contributed by atoms with Gasteiger partial charge in [-0.25, -0.2) is 4.98 Å². The molecule has 0 N–H and O–H groups in total. The third-order valence-electron chi connectivity index (χ3n) is 5.67. The lowest BCUT2D eigenvalue weighted by Gasteiger charge is -2.33. The molecule has 0 aliphatic carbocycles. The lowest BCUT2D eigenvalue weighted by Crippen LogP contribution is -2.39. The summed E-state index contributed by atoms with van der Waals surface area (Å²) in [6.45, 7) is 5.34. The number of halogens is 3. The van der Waals surface area contributed by atoms with Gasteiger partial charge in [0.1, 0.15) is 5.82 Å². The van der Waals surface area contributed by atoms with Crippen LogP contribution in [0.2, 0.25) is 0 Å². The summed E-state index contributed by atoms with van der Waals surface area (Å²) < 4.78 is 40.6. The first-order valence-corrected chi connectivity index (χ1v) is 10.2. The largest absolute Gasteiger partial charge is 0.416 e. The second kappa shape index (κ2) is 7.78. The number of hydrogen-bond acceptors (Lipinski definition) is 2. The molecular formula is C23H24F3N3O. The zero-order valence-electron chi connectivity index (χ0n) is 17.0. The molecule has 7 heteroatoms. The number of rotatable bonds is 3. The molecule has 1 aliphatic heterocycles. The number of carbonyl (C=O) groups excluding carboxylic acids is 1. The van der Waals surface area contributed by atoms with Crippen LogP contribution < -0.4 is 0 Å². The Labute approximate surface area is 173 Å². The summed E-state index contributed by atoms with van der Waals surface area (Å²) in [6.07, 6.45) is -2.65. The van der Waals surface area contributed by atoms with E-state index in [2.05, 4.69) is 24.5 Å². The van der Waals surface area contributed by atoms with Gasteiger partial charge in [0.15, 0.2) is 0 Å². The molecule has 30 heavy (non-hydrogen) atoms. The molecule has 1 fully saturated rings. The van der Waals surface area contributed by atoms with Crippen molar-refractivity contribution in [3.63, 3.8) is 0 Å². The number of amides is 1. The van der Waals surface area contributed by atoms with Crippen molar-refractivity contribution in [2.45, 2.75) is 44.8 Å². The number of benzene rings is 2. The predicted octanol–water partition coefficient (Wildman–Crippen LogP) is 5.66. The van der Waals surface area contributed by atoms with E-state index in [0.717, 1.165) is 41.8 Å². The molecule has 0 spiro atoms. The summed E-state index contributed by atoms with van der Waals surface area (Å²) >= 11 is 0. The van der Waals surface area contributed by atoms with Gasteiger partial charge in [-0.1, -0.05) is 12.1 Å². The van der Waals surface area contributed by atoms with E-state index in [0.29, 0.717) is 13.1 Å². The standard InChI is InChI=1S/C23H24F3N3O/c1-15(2)29-20-8-4-3-7-19(20)27-21(29)17-6-5-13-28(14-17)22(30)16-9-11-18(12-10-16)23(24,25)26/h3-4,7-12,15,17H,5-6,13-14H2,1-2H3. The van der Waals surface area contributed by atoms with Gasteiger partial charge in [0.05, 0.1) is 16.6 Å². The van der Waals surface area contributed by atoms with E-state index >= 15 is 0 Å². The van der Waals surface area contributed by atoms with Gasteiger partial charge in [-0.05, 0) is 63.1 Å². The molecule has 0 saturated carbocycles. The van der Waals surface area contributed by atoms with E-state index in [4.69, 9.17) is 4.98 Å². The summed E-state index contributed by atoms with van der Waals surface area (Å²) in [6, 6.07) is 12.7. The molecule has 1 unspecified atom stereocenters. The number of aromatic nitrogens is 2. The van der Waals surface area contributed by atoms with Crippen LogP contribution in [0.25, 0.3) is 11.0 Å². The predicted molar refractivity (Wildman–Crippen MR) is 109 cm³/mol. The summed E-state index contributed by atoms with van der Waals surface area (Å²) in [7, 11) is 0. The molecule has 1 saturated heterocycles. The maximum Gasteiger partial charge on any atom is 0.416 e. The Morgan fingerprint density at radius 2 is 1.80 bits per heavy atom. The van der Waals surface area contributed by atoms with Gasteiger partial charge in [-0.15, -0.1) is 0 Å². The summed E-state index contributed by atoms with van der Waals surface area (Å²) in [4.78, 5) is 19.5. The highest BCUT2D eigenvalue weighted by atomic mass is 19.4. The fraction of sp³-hybridized carbons (Fsp3) is 0.391. The number of fused-ring (bicyclic) bond motifs is 1. The summed E-state index contributed by atoms with van der Waals surface area (Å²) in [5, 5.41) is 0. The van der Waals surface area contributed by atoms with Crippen molar-refractivity contribution in [2.24, 2.45) is 0 Å². The first kappa shape index (κ1) is 20.4. The Hall–Kier alpha value is -2.83. The monoisotopic (exact) mass is 415 g/mol. The van der Waals surface area contributed by atoms with Crippen LogP contribution in [0.4, 0.5) is 13.2 Å². The minimum atomic E-state index is -4.41. The van der Waals surface area contributed by atoms with Crippen LogP contribution >= 0.6 is 0 Å². The van der Waals surface area contributed by atoms with E-state index in [1.54, 1.807) is 4.90 Å². The summed E-state index contributed by atoms with van der Waals surface area (Å²) in [5.41, 5.74) is 1.54.